The van der Waals surface area contributed by atoms with Crippen molar-refractivity contribution in [2.75, 3.05) is 25.6 Å². The molecule has 0 radical (unpaired) electrons. The van der Waals surface area contributed by atoms with Gasteiger partial charge in [0, 0.05) is 37.4 Å². The van der Waals surface area contributed by atoms with Crippen molar-refractivity contribution in [3.05, 3.63) is 48.3 Å². The number of methoxy groups -OCH3 is 1. The molecule has 1 saturated heterocycles. The highest BCUT2D eigenvalue weighted by Crippen LogP contribution is 2.31. The van der Waals surface area contributed by atoms with E-state index in [1.807, 2.05) is 12.1 Å². The highest BCUT2D eigenvalue weighted by atomic mass is 35.5. The van der Waals surface area contributed by atoms with Crippen molar-refractivity contribution in [1.82, 2.24) is 4.98 Å². The Kier molecular flexibility index (Phi) is 9.48. The van der Waals surface area contributed by atoms with Crippen LogP contribution in [0.2, 0.25) is 0 Å². The van der Waals surface area contributed by atoms with Gasteiger partial charge in [-0.05, 0) is 42.7 Å². The van der Waals surface area contributed by atoms with Gasteiger partial charge in [0.2, 0.25) is 5.91 Å². The van der Waals surface area contributed by atoms with Gasteiger partial charge in [0.1, 0.15) is 12.1 Å². The molecular formula is C19H25Cl2N3O4. The van der Waals surface area contributed by atoms with Crippen LogP contribution in [-0.4, -0.2) is 36.8 Å². The molecule has 1 aliphatic heterocycles. The number of hydrogen-bond acceptors (Lipinski definition) is 6. The topological polar surface area (TPSA) is 95.7 Å². The number of pyridine rings is 1. The molecule has 0 bridgehead atoms. The van der Waals surface area contributed by atoms with E-state index in [1.165, 1.54) is 0 Å². The predicted octanol–water partition coefficient (Wildman–Crippen LogP) is 2.96. The van der Waals surface area contributed by atoms with Crippen molar-refractivity contribution in [3.8, 4) is 11.5 Å². The largest absolute Gasteiger partial charge is 0.493 e. The average Bonchev–Trinajstić information content (AvgIpc) is 2.68. The van der Waals surface area contributed by atoms with Crippen LogP contribution in [0, 0.1) is 0 Å². The quantitative estimate of drug-likeness (QED) is 0.732. The van der Waals surface area contributed by atoms with E-state index in [-0.39, 0.29) is 30.7 Å². The van der Waals surface area contributed by atoms with Crippen LogP contribution in [0.15, 0.2) is 42.7 Å². The van der Waals surface area contributed by atoms with Crippen molar-refractivity contribution < 1.29 is 19.0 Å². The van der Waals surface area contributed by atoms with Crippen molar-refractivity contribution in [3.63, 3.8) is 0 Å². The Hall–Kier alpha value is -2.06. The SMILES string of the molecule is COc1ccc(NC(=O)C2(N)CCOCC2)cc1OCc1ccncc1.Cl.Cl. The third-order valence-electron chi connectivity index (χ3n) is 4.40. The third kappa shape index (κ3) is 5.97. The maximum Gasteiger partial charge on any atom is 0.244 e. The van der Waals surface area contributed by atoms with Crippen molar-refractivity contribution in [2.24, 2.45) is 5.73 Å². The van der Waals surface area contributed by atoms with Gasteiger partial charge in [-0.3, -0.25) is 9.78 Å². The number of nitrogens with zero attached hydrogens (tertiary/aromatic N) is 1. The molecule has 2 aromatic rings. The monoisotopic (exact) mass is 429 g/mol. The number of halogens is 2. The molecule has 0 spiro atoms. The van der Waals surface area contributed by atoms with Gasteiger partial charge in [-0.2, -0.15) is 0 Å². The molecule has 7 nitrogen and oxygen atoms in total. The predicted molar refractivity (Wildman–Crippen MR) is 112 cm³/mol. The zero-order valence-corrected chi connectivity index (χ0v) is 17.2. The highest BCUT2D eigenvalue weighted by molar-refractivity contribution is 5.98. The van der Waals surface area contributed by atoms with Crippen molar-refractivity contribution in [1.29, 1.82) is 0 Å². The van der Waals surface area contributed by atoms with Crippen molar-refractivity contribution >= 4 is 36.4 Å². The van der Waals surface area contributed by atoms with Gasteiger partial charge in [0.25, 0.3) is 0 Å². The number of carbonyl (C=O) groups excluding carboxylic acids is 1. The Bertz CT molecular complexity index is 756. The van der Waals surface area contributed by atoms with E-state index in [0.29, 0.717) is 49.8 Å². The maximum atomic E-state index is 12.6. The first kappa shape index (κ1) is 24.0. The second-order valence-electron chi connectivity index (χ2n) is 6.23. The van der Waals surface area contributed by atoms with Gasteiger partial charge in [-0.1, -0.05) is 0 Å². The molecule has 1 aromatic heterocycles. The summed E-state index contributed by atoms with van der Waals surface area (Å²) in [4.78, 5) is 16.5. The molecule has 1 aliphatic rings. The molecule has 3 N–H and O–H groups in total. The summed E-state index contributed by atoms with van der Waals surface area (Å²) < 4.78 is 16.5. The molecule has 28 heavy (non-hydrogen) atoms. The lowest BCUT2D eigenvalue weighted by Crippen LogP contribution is -2.54. The van der Waals surface area contributed by atoms with Crippen LogP contribution in [0.4, 0.5) is 5.69 Å². The van der Waals surface area contributed by atoms with Crippen LogP contribution in [0.3, 0.4) is 0 Å². The van der Waals surface area contributed by atoms with Crippen molar-refractivity contribution in [2.45, 2.75) is 25.0 Å². The number of nitrogens with two attached hydrogens (primary N) is 1. The van der Waals surface area contributed by atoms with Crippen LogP contribution in [0.5, 0.6) is 11.5 Å². The van der Waals surface area contributed by atoms with Gasteiger partial charge < -0.3 is 25.3 Å². The van der Waals surface area contributed by atoms with Gasteiger partial charge in [0.05, 0.1) is 7.11 Å². The number of rotatable bonds is 6. The van der Waals surface area contributed by atoms with Crippen LogP contribution >= 0.6 is 24.8 Å². The van der Waals surface area contributed by atoms with E-state index in [0.717, 1.165) is 5.56 Å². The number of aromatic nitrogens is 1. The summed E-state index contributed by atoms with van der Waals surface area (Å²) in [5, 5.41) is 2.88. The molecule has 3 rings (SSSR count). The normalized spacial score (nSPS) is 14.8. The molecule has 0 aliphatic carbocycles. The number of ether oxygens (including phenoxy) is 3. The lowest BCUT2D eigenvalue weighted by molar-refractivity contribution is -0.124. The smallest absolute Gasteiger partial charge is 0.244 e. The minimum Gasteiger partial charge on any atom is -0.493 e. The zero-order chi connectivity index (χ0) is 18.4. The first-order valence-corrected chi connectivity index (χ1v) is 8.48. The van der Waals surface area contributed by atoms with Crippen LogP contribution in [0.1, 0.15) is 18.4 Å². The molecule has 1 amide bonds. The van der Waals surface area contributed by atoms with E-state index < -0.39 is 5.54 Å². The Morgan fingerprint density at radius 1 is 1.18 bits per heavy atom. The first-order chi connectivity index (χ1) is 12.6. The van der Waals surface area contributed by atoms with E-state index in [2.05, 4.69) is 10.3 Å². The minimum absolute atomic E-state index is 0. The van der Waals surface area contributed by atoms with Gasteiger partial charge in [-0.15, -0.1) is 24.8 Å². The number of benzene rings is 1. The standard InChI is InChI=1S/C19H23N3O4.2ClH/c1-24-16-3-2-15(22-18(23)19(20)6-10-25-11-7-19)12-17(16)26-13-14-4-8-21-9-5-14;;/h2-5,8-9,12H,6-7,10-11,13,20H2,1H3,(H,22,23);2*1H. The number of anilines is 1. The first-order valence-electron chi connectivity index (χ1n) is 8.48. The molecule has 0 atom stereocenters. The Morgan fingerprint density at radius 2 is 1.86 bits per heavy atom. The summed E-state index contributed by atoms with van der Waals surface area (Å²) in [6.45, 7) is 1.36. The van der Waals surface area contributed by atoms with Gasteiger partial charge >= 0.3 is 0 Å². The maximum absolute atomic E-state index is 12.6. The fourth-order valence-corrected chi connectivity index (χ4v) is 2.73. The summed E-state index contributed by atoms with van der Waals surface area (Å²) in [6.07, 6.45) is 4.42. The molecule has 1 fully saturated rings. The van der Waals surface area contributed by atoms with Gasteiger partial charge in [0.15, 0.2) is 11.5 Å². The molecule has 154 valence electrons. The summed E-state index contributed by atoms with van der Waals surface area (Å²) in [7, 11) is 1.57. The van der Waals surface area contributed by atoms with E-state index in [4.69, 9.17) is 19.9 Å². The number of carbonyl (C=O) groups is 1. The summed E-state index contributed by atoms with van der Waals surface area (Å²) in [5.74, 6) is 0.914. The Morgan fingerprint density at radius 3 is 2.50 bits per heavy atom. The molecule has 1 aromatic carbocycles. The molecular weight excluding hydrogens is 405 g/mol. The molecule has 0 unspecified atom stereocenters. The Balaban J connectivity index is 0.00000196. The Labute approximate surface area is 176 Å². The minimum atomic E-state index is -0.907. The fraction of sp³-hybridized carbons (Fsp3) is 0.368. The average molecular weight is 430 g/mol. The highest BCUT2D eigenvalue weighted by Gasteiger charge is 2.36. The van der Waals surface area contributed by atoms with E-state index in [1.54, 1.807) is 37.7 Å². The van der Waals surface area contributed by atoms with E-state index in [9.17, 15) is 4.79 Å². The third-order valence-corrected chi connectivity index (χ3v) is 4.40. The van der Waals surface area contributed by atoms with Gasteiger partial charge in [-0.25, -0.2) is 0 Å². The number of amides is 1. The lowest BCUT2D eigenvalue weighted by Gasteiger charge is -2.31. The molecule has 2 heterocycles. The second-order valence-corrected chi connectivity index (χ2v) is 6.23. The lowest BCUT2D eigenvalue weighted by atomic mass is 9.90. The zero-order valence-electron chi connectivity index (χ0n) is 15.6. The molecule has 0 saturated carbocycles. The summed E-state index contributed by atoms with van der Waals surface area (Å²) >= 11 is 0. The molecule has 9 heteroatoms. The number of nitrogens with one attached hydrogen (secondary N) is 1. The summed E-state index contributed by atoms with van der Waals surface area (Å²) in [6, 6.07) is 9.01. The van der Waals surface area contributed by atoms with Crippen LogP contribution in [0.25, 0.3) is 0 Å². The van der Waals surface area contributed by atoms with Crippen LogP contribution in [-0.2, 0) is 16.1 Å². The second kappa shape index (κ2) is 11.1. The summed E-state index contributed by atoms with van der Waals surface area (Å²) in [5.41, 5.74) is 6.91. The fourth-order valence-electron chi connectivity index (χ4n) is 2.73. The van der Waals surface area contributed by atoms with Crippen LogP contribution < -0.4 is 20.5 Å². The number of hydrogen-bond donors (Lipinski definition) is 2. The van der Waals surface area contributed by atoms with E-state index >= 15 is 0 Å².